The number of rotatable bonds is 6. The summed E-state index contributed by atoms with van der Waals surface area (Å²) in [7, 11) is 1.43. The van der Waals surface area contributed by atoms with Gasteiger partial charge in [-0.2, -0.15) is 10.4 Å². The molecule has 170 valence electrons. The summed E-state index contributed by atoms with van der Waals surface area (Å²) in [6.45, 7) is 1.63. The van der Waals surface area contributed by atoms with Gasteiger partial charge in [-0.25, -0.2) is 10.2 Å². The van der Waals surface area contributed by atoms with Gasteiger partial charge in [0.2, 0.25) is 0 Å². The molecule has 0 aliphatic rings. The Morgan fingerprint density at radius 2 is 1.59 bits per heavy atom. The second kappa shape index (κ2) is 11.1. The zero-order valence-corrected chi connectivity index (χ0v) is 18.4. The molecule has 0 aliphatic heterocycles. The lowest BCUT2D eigenvalue weighted by Gasteiger charge is -2.11. The van der Waals surface area contributed by atoms with Gasteiger partial charge in [-0.1, -0.05) is 18.2 Å². The zero-order valence-electron chi connectivity index (χ0n) is 18.4. The first-order chi connectivity index (χ1) is 16.4. The summed E-state index contributed by atoms with van der Waals surface area (Å²) >= 11 is 0. The third-order valence-electron chi connectivity index (χ3n) is 4.60. The molecule has 0 aliphatic carbocycles. The van der Waals surface area contributed by atoms with Crippen molar-refractivity contribution in [3.63, 3.8) is 0 Å². The lowest BCUT2D eigenvalue weighted by Crippen LogP contribution is -2.32. The minimum Gasteiger partial charge on any atom is -0.493 e. The molecule has 0 unspecified atom stereocenters. The smallest absolute Gasteiger partial charge is 0.343 e. The van der Waals surface area contributed by atoms with E-state index >= 15 is 0 Å². The molecular weight excluding hydrogens is 436 g/mol. The molecule has 34 heavy (non-hydrogen) atoms. The van der Waals surface area contributed by atoms with Gasteiger partial charge in [-0.15, -0.1) is 0 Å². The van der Waals surface area contributed by atoms with Crippen molar-refractivity contribution in [2.75, 3.05) is 12.4 Å². The second-order valence-electron chi connectivity index (χ2n) is 6.90. The van der Waals surface area contributed by atoms with Crippen LogP contribution in [0.2, 0.25) is 0 Å². The summed E-state index contributed by atoms with van der Waals surface area (Å²) in [6, 6.07) is 21.3. The van der Waals surface area contributed by atoms with Crippen molar-refractivity contribution in [3.8, 4) is 17.6 Å². The Morgan fingerprint density at radius 1 is 0.882 bits per heavy atom. The van der Waals surface area contributed by atoms with Gasteiger partial charge < -0.3 is 14.8 Å². The number of carbonyl (C=O) groups excluding carboxylic acids is 3. The number of methoxy groups -OCH3 is 1. The Balaban J connectivity index is 1.64. The Labute approximate surface area is 195 Å². The summed E-state index contributed by atoms with van der Waals surface area (Å²) in [5, 5.41) is 15.2. The molecule has 3 aromatic rings. The fourth-order valence-electron chi connectivity index (χ4n) is 2.78. The minimum absolute atomic E-state index is 0.221. The summed E-state index contributed by atoms with van der Waals surface area (Å²) in [6.07, 6.45) is 0. The highest BCUT2D eigenvalue weighted by Crippen LogP contribution is 2.29. The molecular formula is C25H20N4O5. The summed E-state index contributed by atoms with van der Waals surface area (Å²) in [5.41, 5.74) is 4.34. The van der Waals surface area contributed by atoms with Gasteiger partial charge >= 0.3 is 17.8 Å². The average molecular weight is 456 g/mol. The predicted molar refractivity (Wildman–Crippen MR) is 125 cm³/mol. The van der Waals surface area contributed by atoms with Gasteiger partial charge in [0.1, 0.15) is 0 Å². The topological polar surface area (TPSA) is 130 Å². The van der Waals surface area contributed by atoms with E-state index in [0.717, 1.165) is 0 Å². The number of nitrogens with zero attached hydrogens (tertiary/aromatic N) is 2. The van der Waals surface area contributed by atoms with Crippen molar-refractivity contribution in [2.45, 2.75) is 6.92 Å². The maximum Gasteiger partial charge on any atom is 0.343 e. The number of anilines is 1. The summed E-state index contributed by atoms with van der Waals surface area (Å²) < 4.78 is 10.7. The number of ether oxygens (including phenoxy) is 2. The average Bonchev–Trinajstić information content (AvgIpc) is 2.88. The molecule has 0 bridgehead atoms. The summed E-state index contributed by atoms with van der Waals surface area (Å²) in [4.78, 5) is 36.4. The first-order valence-corrected chi connectivity index (χ1v) is 10.0. The number of esters is 1. The van der Waals surface area contributed by atoms with E-state index in [9.17, 15) is 14.4 Å². The fraction of sp³-hybridized carbons (Fsp3) is 0.0800. The first-order valence-electron chi connectivity index (χ1n) is 10.0. The molecule has 3 aromatic carbocycles. The van der Waals surface area contributed by atoms with Crippen molar-refractivity contribution in [1.29, 1.82) is 5.26 Å². The number of benzene rings is 3. The van der Waals surface area contributed by atoms with Crippen LogP contribution in [0.25, 0.3) is 0 Å². The number of hydrazone groups is 1. The number of nitrogens with one attached hydrogen (secondary N) is 2. The van der Waals surface area contributed by atoms with Gasteiger partial charge in [-0.3, -0.25) is 9.59 Å². The maximum atomic E-state index is 12.3. The fourth-order valence-corrected chi connectivity index (χ4v) is 2.78. The molecule has 2 amide bonds. The van der Waals surface area contributed by atoms with Crippen LogP contribution in [0.5, 0.6) is 11.5 Å². The molecule has 3 rings (SSSR count). The standard InChI is InChI=1S/C25H20N4O5/c1-16(28-29-24(31)23(30)27-20-11-8-17(15-26)9-12-20)19-10-13-21(22(14-19)33-2)34-25(32)18-6-4-3-5-7-18/h3-14H,1-2H3,(H,27,30)(H,29,31). The molecule has 0 aromatic heterocycles. The van der Waals surface area contributed by atoms with E-state index in [-0.39, 0.29) is 5.75 Å². The van der Waals surface area contributed by atoms with Crippen molar-refractivity contribution < 1.29 is 23.9 Å². The molecule has 2 N–H and O–H groups in total. The Morgan fingerprint density at radius 3 is 2.24 bits per heavy atom. The summed E-state index contributed by atoms with van der Waals surface area (Å²) in [5.74, 6) is -1.90. The van der Waals surface area contributed by atoms with Crippen LogP contribution in [0, 0.1) is 11.3 Å². The maximum absolute atomic E-state index is 12.3. The lowest BCUT2D eigenvalue weighted by molar-refractivity contribution is -0.136. The van der Waals surface area contributed by atoms with E-state index in [2.05, 4.69) is 15.8 Å². The Kier molecular flexibility index (Phi) is 7.71. The molecule has 9 heteroatoms. The van der Waals surface area contributed by atoms with E-state index in [4.69, 9.17) is 14.7 Å². The Hall–Kier alpha value is -4.97. The molecule has 0 saturated heterocycles. The van der Waals surface area contributed by atoms with Crippen LogP contribution in [0.3, 0.4) is 0 Å². The number of nitriles is 1. The molecule has 9 nitrogen and oxygen atoms in total. The van der Waals surface area contributed by atoms with E-state index in [1.54, 1.807) is 55.5 Å². The molecule has 0 heterocycles. The lowest BCUT2D eigenvalue weighted by atomic mass is 10.1. The van der Waals surface area contributed by atoms with E-state index in [1.165, 1.54) is 31.4 Å². The van der Waals surface area contributed by atoms with Crippen molar-refractivity contribution in [1.82, 2.24) is 5.43 Å². The van der Waals surface area contributed by atoms with E-state index in [0.29, 0.717) is 33.8 Å². The van der Waals surface area contributed by atoms with Crippen molar-refractivity contribution in [3.05, 3.63) is 89.5 Å². The van der Waals surface area contributed by atoms with E-state index in [1.807, 2.05) is 6.07 Å². The number of hydrogen-bond donors (Lipinski definition) is 2. The largest absolute Gasteiger partial charge is 0.493 e. The third kappa shape index (κ3) is 6.05. The van der Waals surface area contributed by atoms with Crippen LogP contribution in [0.1, 0.15) is 28.4 Å². The minimum atomic E-state index is -0.968. The van der Waals surface area contributed by atoms with Crippen LogP contribution in [-0.2, 0) is 9.59 Å². The van der Waals surface area contributed by atoms with E-state index < -0.39 is 17.8 Å². The van der Waals surface area contributed by atoms with Crippen LogP contribution in [0.15, 0.2) is 77.9 Å². The van der Waals surface area contributed by atoms with Crippen LogP contribution >= 0.6 is 0 Å². The molecule has 0 saturated carbocycles. The molecule has 0 fully saturated rings. The van der Waals surface area contributed by atoms with Crippen LogP contribution in [0.4, 0.5) is 5.69 Å². The van der Waals surface area contributed by atoms with Gasteiger partial charge in [0.25, 0.3) is 0 Å². The molecule has 0 spiro atoms. The monoisotopic (exact) mass is 456 g/mol. The van der Waals surface area contributed by atoms with Gasteiger partial charge in [0, 0.05) is 11.3 Å². The van der Waals surface area contributed by atoms with Crippen LogP contribution < -0.4 is 20.2 Å². The van der Waals surface area contributed by atoms with Crippen LogP contribution in [-0.4, -0.2) is 30.6 Å². The van der Waals surface area contributed by atoms with Crippen molar-refractivity contribution in [2.24, 2.45) is 5.10 Å². The quantitative estimate of drug-likeness (QED) is 0.193. The SMILES string of the molecule is COc1cc(C(C)=NNC(=O)C(=O)Nc2ccc(C#N)cc2)ccc1OC(=O)c1ccccc1. The highest BCUT2D eigenvalue weighted by molar-refractivity contribution is 6.39. The molecule has 0 radical (unpaired) electrons. The number of carbonyl (C=O) groups is 3. The third-order valence-corrected chi connectivity index (χ3v) is 4.60. The highest BCUT2D eigenvalue weighted by Gasteiger charge is 2.15. The molecule has 0 atom stereocenters. The first kappa shape index (κ1) is 23.7. The Bertz CT molecular complexity index is 1280. The van der Waals surface area contributed by atoms with Gasteiger partial charge in [0.05, 0.1) is 30.0 Å². The normalized spacial score (nSPS) is 10.6. The van der Waals surface area contributed by atoms with Crippen molar-refractivity contribution >= 4 is 29.2 Å². The number of hydrogen-bond acceptors (Lipinski definition) is 7. The van der Waals surface area contributed by atoms with Gasteiger partial charge in [-0.05, 0) is 61.5 Å². The zero-order chi connectivity index (χ0) is 24.5. The highest BCUT2D eigenvalue weighted by atomic mass is 16.6. The number of amides is 2. The second-order valence-corrected chi connectivity index (χ2v) is 6.90. The predicted octanol–water partition coefficient (Wildman–Crippen LogP) is 3.26. The van der Waals surface area contributed by atoms with Gasteiger partial charge in [0.15, 0.2) is 11.5 Å².